The predicted molar refractivity (Wildman–Crippen MR) is 129 cm³/mol. The second-order valence-corrected chi connectivity index (χ2v) is 9.37. The molecule has 0 spiro atoms. The smallest absolute Gasteiger partial charge is 0.308 e. The number of aromatic nitrogens is 1. The highest BCUT2D eigenvalue weighted by Gasteiger charge is 2.34. The van der Waals surface area contributed by atoms with E-state index < -0.39 is 11.9 Å². The summed E-state index contributed by atoms with van der Waals surface area (Å²) in [6.07, 6.45) is 3.09. The lowest BCUT2D eigenvalue weighted by Crippen LogP contribution is -2.44. The Morgan fingerprint density at radius 2 is 2.15 bits per heavy atom. The van der Waals surface area contributed by atoms with E-state index in [1.165, 1.54) is 6.07 Å². The summed E-state index contributed by atoms with van der Waals surface area (Å²) in [5.41, 5.74) is 1.29. The van der Waals surface area contributed by atoms with E-state index in [9.17, 15) is 19.1 Å². The number of carboxylic acid groups (broad SMARTS) is 1. The highest BCUT2D eigenvalue weighted by Crippen LogP contribution is 2.30. The SMILES string of the molecule is COc1ccc2nccc(C(=O)CCC3CCN(CC#Cc4ccc(F)s4)CC3C(=O)O)c2c1. The number of ether oxygens (including phenoxy) is 1. The molecule has 176 valence electrons. The van der Waals surface area contributed by atoms with E-state index in [1.807, 2.05) is 11.0 Å². The molecule has 2 unspecified atom stereocenters. The number of nitrogens with zero attached hydrogens (tertiary/aromatic N) is 2. The minimum atomic E-state index is -0.852. The molecule has 0 bridgehead atoms. The van der Waals surface area contributed by atoms with Gasteiger partial charge >= 0.3 is 5.97 Å². The van der Waals surface area contributed by atoms with Crippen LogP contribution in [0.2, 0.25) is 0 Å². The van der Waals surface area contributed by atoms with Crippen LogP contribution in [-0.4, -0.2) is 53.5 Å². The number of Topliss-reactive ketones (excluding diaryl/α,β-unsaturated/α-hetero) is 1. The van der Waals surface area contributed by atoms with Crippen LogP contribution in [0.4, 0.5) is 4.39 Å². The van der Waals surface area contributed by atoms with Crippen LogP contribution in [0.15, 0.2) is 42.6 Å². The van der Waals surface area contributed by atoms with Gasteiger partial charge in [0.2, 0.25) is 0 Å². The van der Waals surface area contributed by atoms with Gasteiger partial charge in [0, 0.05) is 30.1 Å². The standard InChI is InChI=1S/C26H25FN2O4S/c1-33-18-5-7-23-21(15-18)20(10-12-28-23)24(30)8-4-17-11-14-29(16-22(17)26(31)32)13-2-3-19-6-9-25(27)34-19/h5-7,9-10,12,15,17,22H,4,8,11,13-14,16H2,1H3,(H,31,32). The summed E-state index contributed by atoms with van der Waals surface area (Å²) in [7, 11) is 1.57. The molecular weight excluding hydrogens is 455 g/mol. The van der Waals surface area contributed by atoms with Crippen LogP contribution in [-0.2, 0) is 4.79 Å². The number of hydrogen-bond acceptors (Lipinski definition) is 6. The average Bonchev–Trinajstić information content (AvgIpc) is 3.26. The van der Waals surface area contributed by atoms with Gasteiger partial charge in [0.05, 0.1) is 30.0 Å². The van der Waals surface area contributed by atoms with Crippen molar-refractivity contribution in [1.82, 2.24) is 9.88 Å². The summed E-state index contributed by atoms with van der Waals surface area (Å²) in [4.78, 5) is 32.0. The van der Waals surface area contributed by atoms with Gasteiger partial charge < -0.3 is 9.84 Å². The van der Waals surface area contributed by atoms with Crippen LogP contribution >= 0.6 is 11.3 Å². The van der Waals surface area contributed by atoms with Crippen LogP contribution in [0.1, 0.15) is 34.5 Å². The van der Waals surface area contributed by atoms with Gasteiger partial charge in [0.25, 0.3) is 0 Å². The molecule has 1 aliphatic heterocycles. The molecule has 0 saturated carbocycles. The van der Waals surface area contributed by atoms with Crippen molar-refractivity contribution in [3.05, 3.63) is 58.2 Å². The summed E-state index contributed by atoms with van der Waals surface area (Å²) in [5, 5.41) is 10.3. The number of benzene rings is 1. The number of hydrogen-bond donors (Lipinski definition) is 1. The Kier molecular flexibility index (Phi) is 7.56. The number of halogens is 1. The van der Waals surface area contributed by atoms with Crippen molar-refractivity contribution in [2.45, 2.75) is 19.3 Å². The number of carbonyl (C=O) groups is 2. The second kappa shape index (κ2) is 10.8. The van der Waals surface area contributed by atoms with Crippen LogP contribution in [0, 0.1) is 28.8 Å². The molecule has 1 saturated heterocycles. The first-order chi connectivity index (χ1) is 16.4. The van der Waals surface area contributed by atoms with E-state index in [0.717, 1.165) is 22.2 Å². The summed E-state index contributed by atoms with van der Waals surface area (Å²) < 4.78 is 18.4. The van der Waals surface area contributed by atoms with Crippen molar-refractivity contribution in [3.63, 3.8) is 0 Å². The molecule has 8 heteroatoms. The van der Waals surface area contributed by atoms with E-state index in [0.29, 0.717) is 48.7 Å². The Bertz CT molecular complexity index is 1260. The van der Waals surface area contributed by atoms with Gasteiger partial charge in [-0.15, -0.1) is 0 Å². The van der Waals surface area contributed by atoms with Crippen LogP contribution in [0.5, 0.6) is 5.75 Å². The fourth-order valence-electron chi connectivity index (χ4n) is 4.40. The number of thiophene rings is 1. The minimum absolute atomic E-state index is 0.0266. The van der Waals surface area contributed by atoms with Crippen molar-refractivity contribution in [3.8, 4) is 17.6 Å². The van der Waals surface area contributed by atoms with E-state index in [-0.39, 0.29) is 23.3 Å². The first-order valence-corrected chi connectivity index (χ1v) is 11.9. The number of rotatable bonds is 7. The van der Waals surface area contributed by atoms with Crippen molar-refractivity contribution in [2.24, 2.45) is 11.8 Å². The zero-order chi connectivity index (χ0) is 24.1. The Hall–Kier alpha value is -3.28. The number of carbonyl (C=O) groups excluding carboxylic acids is 1. The number of fused-ring (bicyclic) bond motifs is 1. The third-order valence-electron chi connectivity index (χ3n) is 6.24. The Morgan fingerprint density at radius 3 is 2.88 bits per heavy atom. The normalized spacial score (nSPS) is 18.3. The van der Waals surface area contributed by atoms with Gasteiger partial charge in [-0.2, -0.15) is 4.39 Å². The van der Waals surface area contributed by atoms with Gasteiger partial charge in [-0.3, -0.25) is 19.5 Å². The quantitative estimate of drug-likeness (QED) is 0.397. The Morgan fingerprint density at radius 1 is 1.29 bits per heavy atom. The third-order valence-corrected chi connectivity index (χ3v) is 7.03. The number of aliphatic carboxylic acids is 1. The number of piperidine rings is 1. The van der Waals surface area contributed by atoms with E-state index in [1.54, 1.807) is 37.6 Å². The average molecular weight is 481 g/mol. The van der Waals surface area contributed by atoms with Gasteiger partial charge in [-0.05, 0) is 61.7 Å². The van der Waals surface area contributed by atoms with E-state index in [4.69, 9.17) is 4.74 Å². The third kappa shape index (κ3) is 5.61. The molecule has 6 nitrogen and oxygen atoms in total. The summed E-state index contributed by atoms with van der Waals surface area (Å²) in [6, 6.07) is 10.2. The van der Waals surface area contributed by atoms with E-state index >= 15 is 0 Å². The lowest BCUT2D eigenvalue weighted by atomic mass is 9.81. The van der Waals surface area contributed by atoms with Crippen molar-refractivity contribution in [1.29, 1.82) is 0 Å². The maximum absolute atomic E-state index is 13.1. The van der Waals surface area contributed by atoms with Crippen molar-refractivity contribution >= 4 is 34.0 Å². The molecule has 0 amide bonds. The number of likely N-dealkylation sites (tertiary alicyclic amines) is 1. The molecule has 1 N–H and O–H groups in total. The number of pyridine rings is 1. The largest absolute Gasteiger partial charge is 0.497 e. The molecule has 2 aromatic heterocycles. The lowest BCUT2D eigenvalue weighted by Gasteiger charge is -2.35. The number of methoxy groups -OCH3 is 1. The fourth-order valence-corrected chi connectivity index (χ4v) is 5.01. The van der Waals surface area contributed by atoms with Gasteiger partial charge in [0.1, 0.15) is 5.75 Å². The van der Waals surface area contributed by atoms with E-state index in [2.05, 4.69) is 16.8 Å². The topological polar surface area (TPSA) is 79.7 Å². The predicted octanol–water partition coefficient (Wildman–Crippen LogP) is 4.48. The Balaban J connectivity index is 1.38. The second-order valence-electron chi connectivity index (χ2n) is 8.34. The highest BCUT2D eigenvalue weighted by atomic mass is 32.1. The molecule has 2 atom stereocenters. The van der Waals surface area contributed by atoms with Crippen LogP contribution in [0.3, 0.4) is 0 Å². The molecule has 3 heterocycles. The zero-order valence-electron chi connectivity index (χ0n) is 18.8. The molecule has 1 fully saturated rings. The maximum Gasteiger partial charge on any atom is 0.308 e. The first kappa shape index (κ1) is 23.9. The molecular formula is C26H25FN2O4S. The van der Waals surface area contributed by atoms with Gasteiger partial charge in [-0.25, -0.2) is 0 Å². The lowest BCUT2D eigenvalue weighted by molar-refractivity contribution is -0.146. The Labute approximate surface area is 201 Å². The zero-order valence-corrected chi connectivity index (χ0v) is 19.6. The monoisotopic (exact) mass is 480 g/mol. The van der Waals surface area contributed by atoms with Gasteiger partial charge in [0.15, 0.2) is 10.9 Å². The molecule has 34 heavy (non-hydrogen) atoms. The van der Waals surface area contributed by atoms with Crippen LogP contribution in [0.25, 0.3) is 10.9 Å². The molecule has 0 radical (unpaired) electrons. The maximum atomic E-state index is 13.1. The molecule has 1 aliphatic rings. The fraction of sp³-hybridized carbons (Fsp3) is 0.346. The molecule has 0 aliphatic carbocycles. The van der Waals surface area contributed by atoms with Crippen LogP contribution < -0.4 is 4.74 Å². The molecule has 3 aromatic rings. The van der Waals surface area contributed by atoms with Gasteiger partial charge in [-0.1, -0.05) is 23.2 Å². The van der Waals surface area contributed by atoms with Crippen molar-refractivity contribution in [2.75, 3.05) is 26.7 Å². The summed E-state index contributed by atoms with van der Waals surface area (Å²) in [6.45, 7) is 1.53. The number of ketones is 1. The van der Waals surface area contributed by atoms with Crippen molar-refractivity contribution < 1.29 is 23.8 Å². The first-order valence-electron chi connectivity index (χ1n) is 11.1. The number of carboxylic acids is 1. The minimum Gasteiger partial charge on any atom is -0.497 e. The highest BCUT2D eigenvalue weighted by molar-refractivity contribution is 7.10. The summed E-state index contributed by atoms with van der Waals surface area (Å²) in [5.74, 6) is 5.08. The molecule has 4 rings (SSSR count). The summed E-state index contributed by atoms with van der Waals surface area (Å²) >= 11 is 0.994. The molecule has 1 aromatic carbocycles.